The quantitative estimate of drug-likeness (QED) is 0.0717. The van der Waals surface area contributed by atoms with Gasteiger partial charge in [0.25, 0.3) is 0 Å². The monoisotopic (exact) mass is 765 g/mol. The Bertz CT molecular complexity index is 2130. The maximum absolute atomic E-state index is 13.3. The molecule has 0 unspecified atom stereocenters. The number of unbranched alkanes of at least 4 members (excludes halogenated alkanes) is 2. The van der Waals surface area contributed by atoms with Crippen LogP contribution in [0.3, 0.4) is 0 Å². The van der Waals surface area contributed by atoms with Crippen molar-refractivity contribution in [1.82, 2.24) is 19.9 Å². The lowest BCUT2D eigenvalue weighted by Crippen LogP contribution is -2.49. The molecule has 2 heterocycles. The molecule has 0 aliphatic carbocycles. The van der Waals surface area contributed by atoms with Gasteiger partial charge >= 0.3 is 0 Å². The van der Waals surface area contributed by atoms with Crippen molar-refractivity contribution < 1.29 is 23.1 Å². The summed E-state index contributed by atoms with van der Waals surface area (Å²) in [6.45, 7) is 3.29. The van der Waals surface area contributed by atoms with Crippen LogP contribution in [0.15, 0.2) is 120 Å². The molecule has 6 rings (SSSR count). The molecule has 5 aromatic rings. The van der Waals surface area contributed by atoms with Gasteiger partial charge in [-0.1, -0.05) is 103 Å². The van der Waals surface area contributed by atoms with Gasteiger partial charge in [0.05, 0.1) is 17.4 Å². The zero-order valence-electron chi connectivity index (χ0n) is 31.0. The van der Waals surface area contributed by atoms with E-state index in [1.165, 1.54) is 6.07 Å². The molecule has 4 aromatic carbocycles. The molecule has 0 radical (unpaired) electrons. The number of sulfonamides is 1. The van der Waals surface area contributed by atoms with Gasteiger partial charge in [0, 0.05) is 37.6 Å². The van der Waals surface area contributed by atoms with Crippen LogP contribution >= 0.6 is 0 Å². The lowest BCUT2D eigenvalue weighted by molar-refractivity contribution is -0.123. The molecule has 0 spiro atoms. The van der Waals surface area contributed by atoms with Crippen LogP contribution in [0.4, 0.5) is 0 Å². The Hall–Kier alpha value is -4.85. The minimum Gasteiger partial charge on any atom is -0.487 e. The molecular formula is C43H51N5O6S. The van der Waals surface area contributed by atoms with Crippen LogP contribution in [0.1, 0.15) is 54.0 Å². The number of nitrogens with two attached hydrogens (primary N) is 1. The fraction of sp³-hybridized carbons (Fsp3) is 0.349. The lowest BCUT2D eigenvalue weighted by Gasteiger charge is -2.37. The fourth-order valence-electron chi connectivity index (χ4n) is 7.76. The van der Waals surface area contributed by atoms with Crippen molar-refractivity contribution in [2.45, 2.75) is 43.8 Å². The third-order valence-electron chi connectivity index (χ3n) is 10.6. The SMILES string of the molecule is NC(=O)C(c1ccccc1)(c1ccccc1)[C@@H]1CCN(CCS(=O)(=O)NCCCCCNC[C@H](O)c2ccc(OCc3ccccc3)c3[nH]c(=O)ccc23)C1. The predicted octanol–water partition coefficient (Wildman–Crippen LogP) is 4.61. The molecule has 2 atom stereocenters. The van der Waals surface area contributed by atoms with E-state index < -0.39 is 27.4 Å². The number of pyridine rings is 1. The predicted molar refractivity (Wildman–Crippen MR) is 216 cm³/mol. The Labute approximate surface area is 323 Å². The van der Waals surface area contributed by atoms with Crippen LogP contribution in [-0.4, -0.2) is 74.3 Å². The van der Waals surface area contributed by atoms with E-state index in [0.29, 0.717) is 69.1 Å². The largest absolute Gasteiger partial charge is 0.487 e. The number of aliphatic hydroxyl groups is 1. The maximum atomic E-state index is 13.3. The van der Waals surface area contributed by atoms with Crippen molar-refractivity contribution in [3.8, 4) is 5.75 Å². The van der Waals surface area contributed by atoms with Gasteiger partial charge in [0.15, 0.2) is 0 Å². The van der Waals surface area contributed by atoms with Crippen molar-refractivity contribution in [2.75, 3.05) is 45.0 Å². The van der Waals surface area contributed by atoms with Crippen LogP contribution in [0.2, 0.25) is 0 Å². The van der Waals surface area contributed by atoms with Crippen LogP contribution in [0.25, 0.3) is 10.9 Å². The maximum Gasteiger partial charge on any atom is 0.248 e. The first-order chi connectivity index (χ1) is 26.7. The van der Waals surface area contributed by atoms with Gasteiger partial charge in [0.2, 0.25) is 21.5 Å². The van der Waals surface area contributed by atoms with E-state index in [-0.39, 0.29) is 17.2 Å². The summed E-state index contributed by atoms with van der Waals surface area (Å²) in [5, 5.41) is 15.0. The van der Waals surface area contributed by atoms with E-state index in [0.717, 1.165) is 41.3 Å². The summed E-state index contributed by atoms with van der Waals surface area (Å²) in [6.07, 6.45) is 2.23. The second-order valence-electron chi connectivity index (χ2n) is 14.2. The van der Waals surface area contributed by atoms with Gasteiger partial charge in [-0.15, -0.1) is 0 Å². The number of hydrogen-bond donors (Lipinski definition) is 5. The zero-order chi connectivity index (χ0) is 38.7. The molecule has 290 valence electrons. The zero-order valence-corrected chi connectivity index (χ0v) is 31.8. The molecule has 11 nitrogen and oxygen atoms in total. The number of nitrogens with one attached hydrogen (secondary N) is 3. The molecule has 1 aromatic heterocycles. The van der Waals surface area contributed by atoms with E-state index in [9.17, 15) is 23.1 Å². The van der Waals surface area contributed by atoms with E-state index in [2.05, 4.69) is 19.9 Å². The number of carbonyl (C=O) groups is 1. The first-order valence-electron chi connectivity index (χ1n) is 19.0. The number of primary amides is 1. The number of ether oxygens (including phenoxy) is 1. The molecule has 1 saturated heterocycles. The van der Waals surface area contributed by atoms with Crippen molar-refractivity contribution in [1.29, 1.82) is 0 Å². The minimum absolute atomic E-state index is 0.0257. The third-order valence-corrected chi connectivity index (χ3v) is 11.9. The highest BCUT2D eigenvalue weighted by Gasteiger charge is 2.49. The van der Waals surface area contributed by atoms with Gasteiger partial charge in [-0.05, 0) is 72.7 Å². The standard InChI is InChI=1S/C43H51N5O6S/c44-42(51)43(33-15-7-2-8-16-33,34-17-9-3-10-18-34)35-23-26-48(30-35)27-28-55(52,53)46-25-12-4-11-24-45-29-38(49)36-19-21-39(41-37(36)20-22-40(50)47-41)54-31-32-13-5-1-6-14-32/h1-3,5-10,13-22,35,38,45-46,49H,4,11-12,23-31H2,(H2,44,51)(H,47,50)/t35-,38+/m1/s1. The Balaban J connectivity index is 0.917. The van der Waals surface area contributed by atoms with Gasteiger partial charge < -0.3 is 30.8 Å². The number of aromatic nitrogens is 1. The Morgan fingerprint density at radius 1 is 0.891 bits per heavy atom. The van der Waals surface area contributed by atoms with Crippen LogP contribution in [0.5, 0.6) is 5.75 Å². The third kappa shape index (κ3) is 9.88. The van der Waals surface area contributed by atoms with Gasteiger partial charge in [-0.3, -0.25) is 9.59 Å². The van der Waals surface area contributed by atoms with Crippen molar-refractivity contribution >= 4 is 26.8 Å². The number of rotatable bonds is 20. The highest BCUT2D eigenvalue weighted by molar-refractivity contribution is 7.89. The van der Waals surface area contributed by atoms with E-state index in [4.69, 9.17) is 10.5 Å². The second-order valence-corrected chi connectivity index (χ2v) is 16.1. The molecule has 1 fully saturated rings. The molecule has 0 bridgehead atoms. The fourth-order valence-corrected chi connectivity index (χ4v) is 8.86. The summed E-state index contributed by atoms with van der Waals surface area (Å²) in [7, 11) is -3.49. The first kappa shape index (κ1) is 39.8. The first-order valence-corrected chi connectivity index (χ1v) is 20.6. The summed E-state index contributed by atoms with van der Waals surface area (Å²) in [5.41, 5.74) is 8.88. The van der Waals surface area contributed by atoms with Crippen LogP contribution < -0.4 is 26.1 Å². The highest BCUT2D eigenvalue weighted by Crippen LogP contribution is 2.43. The molecular weight excluding hydrogens is 715 g/mol. The Morgan fingerprint density at radius 2 is 1.55 bits per heavy atom. The number of aromatic amines is 1. The van der Waals surface area contributed by atoms with Crippen molar-refractivity contribution in [2.24, 2.45) is 11.7 Å². The summed E-state index contributed by atoms with van der Waals surface area (Å²) in [5.74, 6) is 0.00699. The van der Waals surface area contributed by atoms with E-state index >= 15 is 0 Å². The molecule has 1 amide bonds. The highest BCUT2D eigenvalue weighted by atomic mass is 32.2. The average Bonchev–Trinajstić information content (AvgIpc) is 3.67. The summed E-state index contributed by atoms with van der Waals surface area (Å²) >= 11 is 0. The lowest BCUT2D eigenvalue weighted by atomic mass is 9.64. The number of benzene rings is 4. The minimum atomic E-state index is -3.49. The molecule has 1 aliphatic rings. The summed E-state index contributed by atoms with van der Waals surface area (Å²) in [6, 6.07) is 35.8. The number of likely N-dealkylation sites (tertiary alicyclic amines) is 1. The number of H-pyrrole nitrogens is 1. The van der Waals surface area contributed by atoms with Crippen molar-refractivity contribution in [3.63, 3.8) is 0 Å². The molecule has 6 N–H and O–H groups in total. The topological polar surface area (TPSA) is 167 Å². The van der Waals surface area contributed by atoms with Crippen molar-refractivity contribution in [3.05, 3.63) is 148 Å². The van der Waals surface area contributed by atoms with Gasteiger partial charge in [0.1, 0.15) is 17.8 Å². The van der Waals surface area contributed by atoms with Crippen LogP contribution in [-0.2, 0) is 26.8 Å². The summed E-state index contributed by atoms with van der Waals surface area (Å²) in [4.78, 5) is 30.5. The normalized spacial score (nSPS) is 15.6. The molecule has 12 heteroatoms. The summed E-state index contributed by atoms with van der Waals surface area (Å²) < 4.78 is 34.6. The average molecular weight is 766 g/mol. The number of amides is 1. The molecule has 0 saturated carbocycles. The smallest absolute Gasteiger partial charge is 0.248 e. The van der Waals surface area contributed by atoms with E-state index in [1.807, 2.05) is 97.1 Å². The number of nitrogens with zero attached hydrogens (tertiary/aromatic N) is 1. The number of hydrogen-bond acceptors (Lipinski definition) is 8. The number of aliphatic hydroxyl groups excluding tert-OH is 1. The van der Waals surface area contributed by atoms with Gasteiger partial charge in [-0.2, -0.15) is 0 Å². The Morgan fingerprint density at radius 3 is 2.22 bits per heavy atom. The van der Waals surface area contributed by atoms with Crippen LogP contribution in [0, 0.1) is 5.92 Å². The molecule has 55 heavy (non-hydrogen) atoms. The second kappa shape index (κ2) is 18.7. The van der Waals surface area contributed by atoms with E-state index in [1.54, 1.807) is 12.1 Å². The van der Waals surface area contributed by atoms with Gasteiger partial charge in [-0.25, -0.2) is 13.1 Å². The Kier molecular flexibility index (Phi) is 13.5. The number of carbonyl (C=O) groups excluding carboxylic acids is 1. The number of fused-ring (bicyclic) bond motifs is 1. The molecule has 1 aliphatic heterocycles.